The zero-order valence-electron chi connectivity index (χ0n) is 26.2. The number of aryl methyl sites for hydroxylation is 2. The van der Waals surface area contributed by atoms with E-state index in [1.165, 1.54) is 27.7 Å². The fourth-order valence-corrected chi connectivity index (χ4v) is 7.32. The van der Waals surface area contributed by atoms with Crippen LogP contribution >= 0.6 is 0 Å². The van der Waals surface area contributed by atoms with Crippen molar-refractivity contribution < 1.29 is 9.47 Å². The van der Waals surface area contributed by atoms with Crippen LogP contribution in [-0.2, 0) is 0 Å². The SMILES string of the molecule is Cc1cncc(-c2ccc(C3=CC4B5c6cc(-c7ccc(-c8cncc(C)c8)cc7)ccc6Oc6cccc(c65)OC4C=C3)cc2)c1. The molecule has 0 bridgehead atoms. The molecular weight excluding hydrogens is 575 g/mol. The molecule has 2 unspecified atom stereocenters. The second-order valence-corrected chi connectivity index (χ2v) is 12.8. The van der Waals surface area contributed by atoms with Crippen molar-refractivity contribution in [2.24, 2.45) is 0 Å². The molecule has 4 aromatic carbocycles. The van der Waals surface area contributed by atoms with Gasteiger partial charge in [0.15, 0.2) is 0 Å². The molecule has 0 radical (unpaired) electrons. The predicted molar refractivity (Wildman–Crippen MR) is 191 cm³/mol. The summed E-state index contributed by atoms with van der Waals surface area (Å²) in [5, 5.41) is 0. The standard InChI is InChI=1S/C42H31BN2O2/c1-26-18-34(24-44-22-26)30-10-6-28(7-11-30)32-14-16-38-36(20-32)43-37-21-33(15-17-39(37)47-41-5-3-4-40(46-38)42(41)43)29-8-12-31(13-9-29)35-19-27(2)23-45-25-35/h3-25,36,38H,1-2H3. The van der Waals surface area contributed by atoms with E-state index >= 15 is 0 Å². The minimum Gasteiger partial charge on any atom is -0.487 e. The maximum Gasteiger partial charge on any atom is 0.234 e. The lowest BCUT2D eigenvalue weighted by Crippen LogP contribution is -2.56. The van der Waals surface area contributed by atoms with E-state index in [0.29, 0.717) is 0 Å². The summed E-state index contributed by atoms with van der Waals surface area (Å²) in [7, 11) is 0. The Kier molecular flexibility index (Phi) is 6.46. The van der Waals surface area contributed by atoms with Gasteiger partial charge in [-0.15, -0.1) is 0 Å². The van der Waals surface area contributed by atoms with Crippen molar-refractivity contribution in [1.29, 1.82) is 0 Å². The first-order chi connectivity index (χ1) is 23.1. The van der Waals surface area contributed by atoms with E-state index in [0.717, 1.165) is 56.1 Å². The Hall–Kier alpha value is -5.68. The normalized spacial score (nSPS) is 17.1. The highest BCUT2D eigenvalue weighted by molar-refractivity contribution is 6.89. The van der Waals surface area contributed by atoms with Crippen molar-refractivity contribution in [3.8, 4) is 50.6 Å². The van der Waals surface area contributed by atoms with E-state index in [9.17, 15) is 0 Å². The van der Waals surface area contributed by atoms with Gasteiger partial charge in [0.25, 0.3) is 0 Å². The number of hydrogen-bond donors (Lipinski definition) is 0. The molecule has 0 spiro atoms. The Morgan fingerprint density at radius 1 is 0.574 bits per heavy atom. The van der Waals surface area contributed by atoms with Gasteiger partial charge in [0.1, 0.15) is 23.4 Å². The Bertz CT molecular complexity index is 2240. The van der Waals surface area contributed by atoms with Crippen molar-refractivity contribution in [1.82, 2.24) is 9.97 Å². The molecule has 0 fully saturated rings. The van der Waals surface area contributed by atoms with Crippen LogP contribution in [0.25, 0.3) is 39.0 Å². The van der Waals surface area contributed by atoms with Crippen LogP contribution in [0.15, 0.2) is 140 Å². The van der Waals surface area contributed by atoms with E-state index in [2.05, 4.69) is 133 Å². The third kappa shape index (κ3) is 4.87. The Morgan fingerprint density at radius 3 is 1.83 bits per heavy atom. The monoisotopic (exact) mass is 606 g/mol. The molecule has 224 valence electrons. The van der Waals surface area contributed by atoms with E-state index in [1.807, 2.05) is 30.9 Å². The summed E-state index contributed by atoms with van der Waals surface area (Å²) in [6, 6.07) is 34.7. The van der Waals surface area contributed by atoms with Crippen LogP contribution in [0, 0.1) is 13.8 Å². The van der Waals surface area contributed by atoms with Gasteiger partial charge in [-0.1, -0.05) is 78.9 Å². The van der Waals surface area contributed by atoms with Crippen molar-refractivity contribution >= 4 is 23.2 Å². The molecular formula is C42H31BN2O2. The summed E-state index contributed by atoms with van der Waals surface area (Å²) in [5.74, 6) is 2.80. The number of nitrogens with zero attached hydrogens (tertiary/aromatic N) is 2. The van der Waals surface area contributed by atoms with Gasteiger partial charge < -0.3 is 9.47 Å². The number of rotatable bonds is 4. The van der Waals surface area contributed by atoms with Gasteiger partial charge in [-0.05, 0) is 100 Å². The van der Waals surface area contributed by atoms with Gasteiger partial charge in [-0.25, -0.2) is 0 Å². The first kappa shape index (κ1) is 27.6. The summed E-state index contributed by atoms with van der Waals surface area (Å²) in [4.78, 5) is 8.76. The first-order valence-electron chi connectivity index (χ1n) is 16.1. The van der Waals surface area contributed by atoms with Crippen molar-refractivity contribution in [3.63, 3.8) is 0 Å². The van der Waals surface area contributed by atoms with Crippen LogP contribution < -0.4 is 20.4 Å². The molecule has 0 saturated heterocycles. The van der Waals surface area contributed by atoms with Crippen LogP contribution in [0.4, 0.5) is 0 Å². The highest BCUT2D eigenvalue weighted by Crippen LogP contribution is 2.42. The van der Waals surface area contributed by atoms with Crippen molar-refractivity contribution in [2.45, 2.75) is 25.8 Å². The quantitative estimate of drug-likeness (QED) is 0.189. The molecule has 5 heteroatoms. The third-order valence-corrected chi connectivity index (χ3v) is 9.62. The fourth-order valence-electron chi connectivity index (χ4n) is 7.32. The number of benzene rings is 4. The summed E-state index contributed by atoms with van der Waals surface area (Å²) >= 11 is 0. The molecule has 0 saturated carbocycles. The summed E-state index contributed by atoms with van der Waals surface area (Å²) in [5.41, 5.74) is 14.0. The highest BCUT2D eigenvalue weighted by atomic mass is 16.5. The number of ether oxygens (including phenoxy) is 2. The van der Waals surface area contributed by atoms with Crippen LogP contribution in [0.2, 0.25) is 5.82 Å². The van der Waals surface area contributed by atoms with Crippen LogP contribution in [0.5, 0.6) is 17.2 Å². The molecule has 47 heavy (non-hydrogen) atoms. The molecule has 4 nitrogen and oxygen atoms in total. The minimum absolute atomic E-state index is 0.0685. The lowest BCUT2D eigenvalue weighted by molar-refractivity contribution is 0.246. The Morgan fingerprint density at radius 2 is 1.17 bits per heavy atom. The van der Waals surface area contributed by atoms with Crippen molar-refractivity contribution in [3.05, 3.63) is 157 Å². The minimum atomic E-state index is -0.0685. The average Bonchev–Trinajstić information content (AvgIpc) is 3.11. The maximum absolute atomic E-state index is 6.63. The molecule has 1 aliphatic carbocycles. The lowest BCUT2D eigenvalue weighted by Gasteiger charge is -2.41. The van der Waals surface area contributed by atoms with Gasteiger partial charge in [0.2, 0.25) is 6.71 Å². The number of allylic oxidation sites excluding steroid dienone is 2. The average molecular weight is 607 g/mol. The summed E-state index contributed by atoms with van der Waals surface area (Å²) in [6.07, 6.45) is 14.4. The zero-order chi connectivity index (χ0) is 31.5. The Labute approximate surface area is 275 Å². The van der Waals surface area contributed by atoms with E-state index in [1.54, 1.807) is 0 Å². The van der Waals surface area contributed by atoms with E-state index in [4.69, 9.17) is 9.47 Å². The van der Waals surface area contributed by atoms with E-state index in [-0.39, 0.29) is 18.6 Å². The van der Waals surface area contributed by atoms with Gasteiger partial charge in [-0.2, -0.15) is 0 Å². The largest absolute Gasteiger partial charge is 0.487 e. The number of hydrogen-bond acceptors (Lipinski definition) is 4. The topological polar surface area (TPSA) is 44.2 Å². The predicted octanol–water partition coefficient (Wildman–Crippen LogP) is 8.59. The number of pyridine rings is 2. The van der Waals surface area contributed by atoms with Gasteiger partial charge in [-0.3, -0.25) is 9.97 Å². The molecule has 3 aliphatic rings. The molecule has 2 aromatic heterocycles. The van der Waals surface area contributed by atoms with Gasteiger partial charge in [0, 0.05) is 47.2 Å². The number of fused-ring (bicyclic) bond motifs is 4. The fraction of sp³-hybridized carbons (Fsp3) is 0.0952. The maximum atomic E-state index is 6.63. The molecule has 2 aliphatic heterocycles. The molecule has 6 aromatic rings. The zero-order valence-corrected chi connectivity index (χ0v) is 26.2. The Balaban J connectivity index is 1.09. The van der Waals surface area contributed by atoms with Gasteiger partial charge in [0.05, 0.1) is 0 Å². The van der Waals surface area contributed by atoms with E-state index < -0.39 is 0 Å². The lowest BCUT2D eigenvalue weighted by atomic mass is 9.30. The smallest absolute Gasteiger partial charge is 0.234 e. The van der Waals surface area contributed by atoms with Gasteiger partial charge >= 0.3 is 0 Å². The van der Waals surface area contributed by atoms with Crippen LogP contribution in [-0.4, -0.2) is 22.8 Å². The molecule has 0 N–H and O–H groups in total. The number of aromatic nitrogens is 2. The molecule has 2 atom stereocenters. The third-order valence-electron chi connectivity index (χ3n) is 9.62. The van der Waals surface area contributed by atoms with Crippen LogP contribution in [0.3, 0.4) is 0 Å². The second-order valence-electron chi connectivity index (χ2n) is 12.8. The molecule has 9 rings (SSSR count). The van der Waals surface area contributed by atoms with Crippen molar-refractivity contribution in [2.75, 3.05) is 0 Å². The molecule has 4 heterocycles. The summed E-state index contributed by atoms with van der Waals surface area (Å²) < 4.78 is 13.2. The summed E-state index contributed by atoms with van der Waals surface area (Å²) in [6.45, 7) is 4.25. The second kappa shape index (κ2) is 11.0. The first-order valence-corrected chi connectivity index (χ1v) is 16.1. The molecule has 0 amide bonds. The highest BCUT2D eigenvalue weighted by Gasteiger charge is 2.46. The van der Waals surface area contributed by atoms with Crippen LogP contribution in [0.1, 0.15) is 16.7 Å².